The van der Waals surface area contributed by atoms with Crippen LogP contribution >= 0.6 is 15.9 Å². The molecule has 2 rings (SSSR count). The Hall–Kier alpha value is -1.61. The molecule has 0 aliphatic carbocycles. The predicted octanol–water partition coefficient (Wildman–Crippen LogP) is 4.00. The van der Waals surface area contributed by atoms with Crippen LogP contribution in [0.5, 0.6) is 5.75 Å². The van der Waals surface area contributed by atoms with Gasteiger partial charge in [-0.05, 0) is 30.7 Å². The van der Waals surface area contributed by atoms with E-state index in [4.69, 9.17) is 4.74 Å². The molecule has 0 amide bonds. The highest BCUT2D eigenvalue weighted by molar-refractivity contribution is 9.10. The molecule has 0 saturated carbocycles. The molecule has 2 nitrogen and oxygen atoms in total. The lowest BCUT2D eigenvalue weighted by atomic mass is 10.0. The minimum atomic E-state index is -0.0341. The van der Waals surface area contributed by atoms with Crippen molar-refractivity contribution in [2.75, 3.05) is 7.11 Å². The first-order valence-corrected chi connectivity index (χ1v) is 6.36. The van der Waals surface area contributed by atoms with E-state index >= 15 is 0 Å². The van der Waals surface area contributed by atoms with E-state index in [-0.39, 0.29) is 5.78 Å². The van der Waals surface area contributed by atoms with E-state index in [2.05, 4.69) is 15.9 Å². The summed E-state index contributed by atoms with van der Waals surface area (Å²) in [5.41, 5.74) is 2.33. The van der Waals surface area contributed by atoms with Crippen LogP contribution in [0.25, 0.3) is 0 Å². The van der Waals surface area contributed by atoms with Crippen LogP contribution in [0.15, 0.2) is 46.9 Å². The Morgan fingerprint density at radius 2 is 1.89 bits per heavy atom. The Balaban J connectivity index is 2.44. The molecule has 0 saturated heterocycles. The predicted molar refractivity (Wildman–Crippen MR) is 75.3 cm³/mol. The van der Waals surface area contributed by atoms with Crippen LogP contribution in [-0.4, -0.2) is 12.9 Å². The number of benzene rings is 2. The average molecular weight is 305 g/mol. The molecule has 0 bridgehead atoms. The van der Waals surface area contributed by atoms with Crippen LogP contribution in [0.1, 0.15) is 21.5 Å². The molecule has 92 valence electrons. The van der Waals surface area contributed by atoms with Gasteiger partial charge in [0.15, 0.2) is 5.78 Å². The molecule has 0 aromatic heterocycles. The van der Waals surface area contributed by atoms with Gasteiger partial charge in [0, 0.05) is 10.0 Å². The lowest BCUT2D eigenvalue weighted by Gasteiger charge is -2.08. The number of hydrogen-bond acceptors (Lipinski definition) is 2. The number of carbonyl (C=O) groups is 1. The second-order valence-corrected chi connectivity index (χ2v) is 4.85. The Labute approximate surface area is 115 Å². The van der Waals surface area contributed by atoms with E-state index in [0.29, 0.717) is 16.9 Å². The van der Waals surface area contributed by atoms with Crippen LogP contribution < -0.4 is 4.74 Å². The second-order valence-electron chi connectivity index (χ2n) is 3.99. The molecule has 0 spiro atoms. The molecule has 18 heavy (non-hydrogen) atoms. The van der Waals surface area contributed by atoms with Crippen molar-refractivity contribution in [1.29, 1.82) is 0 Å². The molecule has 0 radical (unpaired) electrons. The van der Waals surface area contributed by atoms with Gasteiger partial charge in [-0.3, -0.25) is 4.79 Å². The van der Waals surface area contributed by atoms with Gasteiger partial charge in [-0.2, -0.15) is 0 Å². The quantitative estimate of drug-likeness (QED) is 0.801. The number of para-hydroxylation sites is 1. The maximum atomic E-state index is 12.4. The minimum absolute atomic E-state index is 0.0341. The summed E-state index contributed by atoms with van der Waals surface area (Å²) in [5, 5.41) is 0. The summed E-state index contributed by atoms with van der Waals surface area (Å²) in [4.78, 5) is 12.4. The van der Waals surface area contributed by atoms with E-state index in [1.165, 1.54) is 0 Å². The molecule has 0 unspecified atom stereocenters. The van der Waals surface area contributed by atoms with Crippen LogP contribution in [0.2, 0.25) is 0 Å². The van der Waals surface area contributed by atoms with Gasteiger partial charge in [0.05, 0.1) is 12.7 Å². The Morgan fingerprint density at radius 3 is 2.56 bits per heavy atom. The fourth-order valence-corrected chi connectivity index (χ4v) is 2.10. The highest BCUT2D eigenvalue weighted by atomic mass is 79.9. The van der Waals surface area contributed by atoms with Gasteiger partial charge in [0.2, 0.25) is 0 Å². The van der Waals surface area contributed by atoms with E-state index in [9.17, 15) is 4.79 Å². The molecule has 0 atom stereocenters. The molecule has 0 heterocycles. The SMILES string of the molecule is COc1ccccc1C(=O)c1ccc(C)c(Br)c1. The number of halogens is 1. The summed E-state index contributed by atoms with van der Waals surface area (Å²) in [6.07, 6.45) is 0. The first-order chi connectivity index (χ1) is 8.63. The van der Waals surface area contributed by atoms with Crippen molar-refractivity contribution in [3.8, 4) is 5.75 Å². The van der Waals surface area contributed by atoms with Gasteiger partial charge in [0.1, 0.15) is 5.75 Å². The number of ketones is 1. The number of carbonyl (C=O) groups excluding carboxylic acids is 1. The molecular weight excluding hydrogens is 292 g/mol. The van der Waals surface area contributed by atoms with E-state index in [1.807, 2.05) is 37.3 Å². The molecule has 0 aliphatic heterocycles. The number of rotatable bonds is 3. The van der Waals surface area contributed by atoms with Crippen molar-refractivity contribution in [2.24, 2.45) is 0 Å². The van der Waals surface area contributed by atoms with Crippen LogP contribution in [0, 0.1) is 6.92 Å². The molecule has 2 aromatic rings. The van der Waals surface area contributed by atoms with Crippen LogP contribution in [0.4, 0.5) is 0 Å². The topological polar surface area (TPSA) is 26.3 Å². The first-order valence-electron chi connectivity index (χ1n) is 5.57. The van der Waals surface area contributed by atoms with Gasteiger partial charge < -0.3 is 4.74 Å². The third-order valence-corrected chi connectivity index (χ3v) is 3.64. The van der Waals surface area contributed by atoms with E-state index in [1.54, 1.807) is 19.2 Å². The first kappa shape index (κ1) is 12.8. The monoisotopic (exact) mass is 304 g/mol. The lowest BCUT2D eigenvalue weighted by Crippen LogP contribution is -2.04. The summed E-state index contributed by atoms with van der Waals surface area (Å²) in [6, 6.07) is 12.8. The maximum absolute atomic E-state index is 12.4. The smallest absolute Gasteiger partial charge is 0.196 e. The fraction of sp³-hybridized carbons (Fsp3) is 0.133. The third-order valence-electron chi connectivity index (χ3n) is 2.79. The molecule has 0 fully saturated rings. The standard InChI is InChI=1S/C15H13BrO2/c1-10-7-8-11(9-13(10)16)15(17)12-5-3-4-6-14(12)18-2/h3-9H,1-2H3. The summed E-state index contributed by atoms with van der Waals surface area (Å²) in [5.74, 6) is 0.562. The van der Waals surface area contributed by atoms with Gasteiger partial charge in [0.25, 0.3) is 0 Å². The van der Waals surface area contributed by atoms with Crippen LogP contribution in [0.3, 0.4) is 0 Å². The second kappa shape index (κ2) is 5.36. The number of methoxy groups -OCH3 is 1. The summed E-state index contributed by atoms with van der Waals surface area (Å²) < 4.78 is 6.14. The number of aryl methyl sites for hydroxylation is 1. The van der Waals surface area contributed by atoms with Crippen molar-refractivity contribution in [1.82, 2.24) is 0 Å². The van der Waals surface area contributed by atoms with Crippen LogP contribution in [-0.2, 0) is 0 Å². The lowest BCUT2D eigenvalue weighted by molar-refractivity contribution is 0.103. The molecule has 0 aliphatic rings. The van der Waals surface area contributed by atoms with Gasteiger partial charge >= 0.3 is 0 Å². The minimum Gasteiger partial charge on any atom is -0.496 e. The molecule has 3 heteroatoms. The van der Waals surface area contributed by atoms with Gasteiger partial charge in [-0.15, -0.1) is 0 Å². The summed E-state index contributed by atoms with van der Waals surface area (Å²) >= 11 is 3.44. The zero-order valence-electron chi connectivity index (χ0n) is 10.2. The molecule has 2 aromatic carbocycles. The Bertz CT molecular complexity index is 591. The fourth-order valence-electron chi connectivity index (χ4n) is 1.72. The van der Waals surface area contributed by atoms with Gasteiger partial charge in [-0.25, -0.2) is 0 Å². The van der Waals surface area contributed by atoms with Crippen molar-refractivity contribution in [3.05, 3.63) is 63.6 Å². The number of ether oxygens (including phenoxy) is 1. The highest BCUT2D eigenvalue weighted by Crippen LogP contribution is 2.24. The van der Waals surface area contributed by atoms with E-state index in [0.717, 1.165) is 10.0 Å². The largest absolute Gasteiger partial charge is 0.496 e. The molecular formula is C15H13BrO2. The highest BCUT2D eigenvalue weighted by Gasteiger charge is 2.14. The number of hydrogen-bond donors (Lipinski definition) is 0. The average Bonchev–Trinajstić information content (AvgIpc) is 2.41. The zero-order chi connectivity index (χ0) is 13.1. The summed E-state index contributed by atoms with van der Waals surface area (Å²) in [7, 11) is 1.57. The normalized spacial score (nSPS) is 10.2. The Morgan fingerprint density at radius 1 is 1.17 bits per heavy atom. The third kappa shape index (κ3) is 2.46. The van der Waals surface area contributed by atoms with Crippen molar-refractivity contribution in [3.63, 3.8) is 0 Å². The summed E-state index contributed by atoms with van der Waals surface area (Å²) in [6.45, 7) is 1.99. The van der Waals surface area contributed by atoms with Crippen molar-refractivity contribution < 1.29 is 9.53 Å². The maximum Gasteiger partial charge on any atom is 0.196 e. The van der Waals surface area contributed by atoms with Crippen molar-refractivity contribution >= 4 is 21.7 Å². The van der Waals surface area contributed by atoms with Gasteiger partial charge in [-0.1, -0.05) is 40.2 Å². The zero-order valence-corrected chi connectivity index (χ0v) is 11.8. The van der Waals surface area contributed by atoms with Crippen molar-refractivity contribution in [2.45, 2.75) is 6.92 Å². The molecule has 0 N–H and O–H groups in total. The Kier molecular flexibility index (Phi) is 3.82. The van der Waals surface area contributed by atoms with E-state index < -0.39 is 0 Å².